The molecule has 226 valence electrons. The van der Waals surface area contributed by atoms with Gasteiger partial charge in [-0.3, -0.25) is 13.9 Å². The molecule has 3 aromatic rings. The van der Waals surface area contributed by atoms with Crippen molar-refractivity contribution in [3.8, 4) is 11.5 Å². The highest BCUT2D eigenvalue weighted by atomic mass is 35.5. The Labute approximate surface area is 253 Å². The number of rotatable bonds is 14. The van der Waals surface area contributed by atoms with E-state index in [2.05, 4.69) is 5.32 Å². The van der Waals surface area contributed by atoms with Crippen LogP contribution in [0.15, 0.2) is 77.7 Å². The van der Waals surface area contributed by atoms with E-state index in [-0.39, 0.29) is 29.1 Å². The van der Waals surface area contributed by atoms with Crippen LogP contribution in [-0.2, 0) is 26.2 Å². The van der Waals surface area contributed by atoms with Gasteiger partial charge in [-0.05, 0) is 86.0 Å². The number of anilines is 1. The molecule has 0 radical (unpaired) electrons. The lowest BCUT2D eigenvalue weighted by Crippen LogP contribution is -2.53. The fourth-order valence-corrected chi connectivity index (χ4v) is 5.88. The molecule has 0 fully saturated rings. The van der Waals surface area contributed by atoms with Gasteiger partial charge in [0.05, 0.1) is 24.8 Å². The van der Waals surface area contributed by atoms with Gasteiger partial charge < -0.3 is 19.7 Å². The minimum atomic E-state index is -4.21. The van der Waals surface area contributed by atoms with E-state index in [1.807, 2.05) is 26.8 Å². The summed E-state index contributed by atoms with van der Waals surface area (Å²) in [6.07, 6.45) is 1.04. The Morgan fingerprint density at radius 3 is 2.12 bits per heavy atom. The summed E-state index contributed by atoms with van der Waals surface area (Å²) in [6.45, 7) is 5.19. The number of carbonyl (C=O) groups is 2. The van der Waals surface area contributed by atoms with Crippen molar-refractivity contribution < 1.29 is 27.5 Å². The molecule has 0 spiro atoms. The lowest BCUT2D eigenvalue weighted by atomic mass is 10.1. The average Bonchev–Trinajstić information content (AvgIpc) is 3.00. The fourth-order valence-electron chi connectivity index (χ4n) is 4.34. The van der Waals surface area contributed by atoms with Gasteiger partial charge in [0.2, 0.25) is 11.8 Å². The van der Waals surface area contributed by atoms with Crippen LogP contribution >= 0.6 is 11.6 Å². The second-order valence-corrected chi connectivity index (χ2v) is 12.1. The van der Waals surface area contributed by atoms with Crippen molar-refractivity contribution in [3.63, 3.8) is 0 Å². The number of amides is 2. The normalized spacial score (nSPS) is 12.6. The third-order valence-corrected chi connectivity index (χ3v) is 8.95. The van der Waals surface area contributed by atoms with E-state index in [1.165, 1.54) is 48.4 Å². The summed E-state index contributed by atoms with van der Waals surface area (Å²) in [5, 5.41) is 3.38. The number of halogens is 1. The Morgan fingerprint density at radius 2 is 1.55 bits per heavy atom. The van der Waals surface area contributed by atoms with Crippen molar-refractivity contribution in [1.29, 1.82) is 0 Å². The van der Waals surface area contributed by atoms with Gasteiger partial charge in [-0.2, -0.15) is 0 Å². The van der Waals surface area contributed by atoms with Gasteiger partial charge in [-0.1, -0.05) is 37.6 Å². The molecule has 2 atom stereocenters. The molecule has 11 heteroatoms. The molecule has 0 aromatic heterocycles. The first-order chi connectivity index (χ1) is 20.0. The van der Waals surface area contributed by atoms with E-state index in [0.29, 0.717) is 22.9 Å². The second kappa shape index (κ2) is 14.9. The quantitative estimate of drug-likeness (QED) is 0.265. The first-order valence-corrected chi connectivity index (χ1v) is 15.5. The molecule has 0 saturated heterocycles. The van der Waals surface area contributed by atoms with Gasteiger partial charge in [0.1, 0.15) is 24.1 Å². The molecule has 2 amide bonds. The van der Waals surface area contributed by atoms with Crippen molar-refractivity contribution in [2.24, 2.45) is 0 Å². The van der Waals surface area contributed by atoms with Crippen molar-refractivity contribution in [2.75, 3.05) is 25.1 Å². The maximum absolute atomic E-state index is 14.2. The topological polar surface area (TPSA) is 105 Å². The van der Waals surface area contributed by atoms with Crippen LogP contribution in [0.4, 0.5) is 5.69 Å². The Morgan fingerprint density at radius 1 is 0.905 bits per heavy atom. The summed E-state index contributed by atoms with van der Waals surface area (Å²) in [5.74, 6) is 0.239. The molecule has 1 N–H and O–H groups in total. The van der Waals surface area contributed by atoms with Crippen LogP contribution in [0.5, 0.6) is 11.5 Å². The van der Waals surface area contributed by atoms with Gasteiger partial charge in [0.25, 0.3) is 10.0 Å². The largest absolute Gasteiger partial charge is 0.497 e. The second-order valence-electron chi connectivity index (χ2n) is 9.78. The van der Waals surface area contributed by atoms with Gasteiger partial charge in [-0.25, -0.2) is 8.42 Å². The molecule has 0 saturated carbocycles. The third-order valence-electron chi connectivity index (χ3n) is 6.91. The van der Waals surface area contributed by atoms with E-state index >= 15 is 0 Å². The average molecular weight is 616 g/mol. The molecule has 0 unspecified atom stereocenters. The summed E-state index contributed by atoms with van der Waals surface area (Å²) < 4.78 is 39.5. The number of nitrogens with zero attached hydrogens (tertiary/aromatic N) is 2. The Hall–Kier alpha value is -3.76. The van der Waals surface area contributed by atoms with Gasteiger partial charge >= 0.3 is 0 Å². The SMILES string of the molecule is CC[C@@H](C)NC(=O)[C@H](CC)N(Cc1cccc(OC)c1)C(=O)CN(c1ccc(Cl)cc1)S(=O)(=O)c1ccc(OC)cc1. The zero-order valence-corrected chi connectivity index (χ0v) is 26.1. The highest BCUT2D eigenvalue weighted by molar-refractivity contribution is 7.92. The molecule has 0 aliphatic heterocycles. The van der Waals surface area contributed by atoms with Crippen LogP contribution in [0, 0.1) is 0 Å². The van der Waals surface area contributed by atoms with E-state index in [0.717, 1.165) is 16.3 Å². The van der Waals surface area contributed by atoms with Crippen LogP contribution < -0.4 is 19.1 Å². The number of sulfonamides is 1. The van der Waals surface area contributed by atoms with Crippen LogP contribution in [0.25, 0.3) is 0 Å². The monoisotopic (exact) mass is 615 g/mol. The molecule has 42 heavy (non-hydrogen) atoms. The highest BCUT2D eigenvalue weighted by Crippen LogP contribution is 2.27. The number of hydrogen-bond donors (Lipinski definition) is 1. The summed E-state index contributed by atoms with van der Waals surface area (Å²) in [7, 11) is -1.18. The molecular formula is C31H38ClN3O6S. The van der Waals surface area contributed by atoms with Gasteiger partial charge in [-0.15, -0.1) is 0 Å². The minimum absolute atomic E-state index is 0.0213. The molecule has 3 aromatic carbocycles. The van der Waals surface area contributed by atoms with E-state index in [1.54, 1.807) is 37.4 Å². The summed E-state index contributed by atoms with van der Waals surface area (Å²) in [6, 6.07) is 18.4. The Balaban J connectivity index is 2.06. The minimum Gasteiger partial charge on any atom is -0.497 e. The van der Waals surface area contributed by atoms with Crippen molar-refractivity contribution in [1.82, 2.24) is 10.2 Å². The summed E-state index contributed by atoms with van der Waals surface area (Å²) in [5.41, 5.74) is 0.982. The molecule has 9 nitrogen and oxygen atoms in total. The first kappa shape index (κ1) is 32.8. The highest BCUT2D eigenvalue weighted by Gasteiger charge is 2.34. The first-order valence-electron chi connectivity index (χ1n) is 13.7. The van der Waals surface area contributed by atoms with Crippen LogP contribution in [0.1, 0.15) is 39.2 Å². The standard InChI is InChI=1S/C31H38ClN3O6S/c1-6-22(3)33-31(37)29(7-2)34(20-23-9-8-10-27(19-23)41-5)30(36)21-35(25-13-11-24(32)12-14-25)42(38,39)28-17-15-26(40-4)16-18-28/h8-19,22,29H,6-7,20-21H2,1-5H3,(H,33,37)/t22-,29+/m1/s1. The maximum atomic E-state index is 14.2. The van der Waals surface area contributed by atoms with E-state index < -0.39 is 28.5 Å². The zero-order valence-electron chi connectivity index (χ0n) is 24.5. The van der Waals surface area contributed by atoms with E-state index in [4.69, 9.17) is 21.1 Å². The zero-order chi connectivity index (χ0) is 30.9. The predicted octanol–water partition coefficient (Wildman–Crippen LogP) is 5.27. The Kier molecular flexibility index (Phi) is 11.6. The molecular weight excluding hydrogens is 578 g/mol. The van der Waals surface area contributed by atoms with Crippen molar-refractivity contribution in [3.05, 3.63) is 83.4 Å². The number of ether oxygens (including phenoxy) is 2. The molecule has 0 bridgehead atoms. The predicted molar refractivity (Wildman–Crippen MR) is 164 cm³/mol. The fraction of sp³-hybridized carbons (Fsp3) is 0.355. The number of methoxy groups -OCH3 is 2. The van der Waals surface area contributed by atoms with Gasteiger partial charge in [0.15, 0.2) is 0 Å². The van der Waals surface area contributed by atoms with Crippen molar-refractivity contribution >= 4 is 39.1 Å². The third kappa shape index (κ3) is 8.17. The number of benzene rings is 3. The van der Waals surface area contributed by atoms with Crippen LogP contribution in [0.3, 0.4) is 0 Å². The van der Waals surface area contributed by atoms with Crippen LogP contribution in [0.2, 0.25) is 5.02 Å². The maximum Gasteiger partial charge on any atom is 0.264 e. The van der Waals surface area contributed by atoms with Gasteiger partial charge in [0, 0.05) is 17.6 Å². The lowest BCUT2D eigenvalue weighted by molar-refractivity contribution is -0.140. The van der Waals surface area contributed by atoms with E-state index in [9.17, 15) is 18.0 Å². The smallest absolute Gasteiger partial charge is 0.264 e. The van der Waals surface area contributed by atoms with Crippen molar-refractivity contribution in [2.45, 2.75) is 57.1 Å². The number of carbonyl (C=O) groups excluding carboxylic acids is 2. The molecule has 0 heterocycles. The summed E-state index contributed by atoms with van der Waals surface area (Å²) in [4.78, 5) is 28.9. The Bertz CT molecular complexity index is 1450. The molecule has 0 aliphatic carbocycles. The molecule has 0 aliphatic rings. The number of hydrogen-bond acceptors (Lipinski definition) is 6. The number of nitrogens with one attached hydrogen (secondary N) is 1. The molecule has 3 rings (SSSR count). The lowest BCUT2D eigenvalue weighted by Gasteiger charge is -2.33. The summed E-state index contributed by atoms with van der Waals surface area (Å²) >= 11 is 6.09. The van der Waals surface area contributed by atoms with Crippen LogP contribution in [-0.4, -0.2) is 58.0 Å².